The van der Waals surface area contributed by atoms with E-state index in [1.165, 1.54) is 12.1 Å². The molecule has 0 bridgehead atoms. The molecule has 5 heteroatoms. The Bertz CT molecular complexity index is 281. The van der Waals surface area contributed by atoms with Crippen LogP contribution in [0.1, 0.15) is 18.7 Å². The molecule has 1 rings (SSSR count). The highest BCUT2D eigenvalue weighted by atomic mass is 16.6. The van der Waals surface area contributed by atoms with Gasteiger partial charge in [-0.25, -0.2) is 0 Å². The van der Waals surface area contributed by atoms with Gasteiger partial charge in [-0.05, 0) is 13.0 Å². The zero-order chi connectivity index (χ0) is 9.14. The number of hydrogen-bond acceptors (Lipinski definition) is 4. The average Bonchev–Trinajstić information content (AvgIpc) is 2.04. The summed E-state index contributed by atoms with van der Waals surface area (Å²) in [7, 11) is 0. The third-order valence-corrected chi connectivity index (χ3v) is 1.41. The highest BCUT2D eigenvalue weighted by Crippen LogP contribution is 2.13. The van der Waals surface area contributed by atoms with Crippen LogP contribution in [0.5, 0.6) is 0 Å². The van der Waals surface area contributed by atoms with Gasteiger partial charge in [0.25, 0.3) is 5.69 Å². The van der Waals surface area contributed by atoms with Crippen LogP contribution in [0.25, 0.3) is 0 Å². The Morgan fingerprint density at radius 2 is 2.33 bits per heavy atom. The maximum Gasteiger partial charge on any atom is 0.287 e. The van der Waals surface area contributed by atoms with Crippen LogP contribution in [0.3, 0.4) is 0 Å². The van der Waals surface area contributed by atoms with E-state index in [-0.39, 0.29) is 5.69 Å². The van der Waals surface area contributed by atoms with Gasteiger partial charge in [0.1, 0.15) is 6.20 Å². The molecule has 0 spiro atoms. The lowest BCUT2D eigenvalue weighted by Gasteiger charge is -2.00. The lowest BCUT2D eigenvalue weighted by atomic mass is 10.2. The molecule has 64 valence electrons. The van der Waals surface area contributed by atoms with Gasteiger partial charge in [-0.1, -0.05) is 0 Å². The van der Waals surface area contributed by atoms with E-state index in [1.54, 1.807) is 6.92 Å². The normalized spacial score (nSPS) is 12.5. The third-order valence-electron chi connectivity index (χ3n) is 1.41. The highest BCUT2D eigenvalue weighted by molar-refractivity contribution is 5.27. The predicted molar refractivity (Wildman–Crippen MR) is 41.5 cm³/mol. The second-order valence-electron chi connectivity index (χ2n) is 2.37. The molecule has 1 heterocycles. The lowest BCUT2D eigenvalue weighted by molar-refractivity contribution is -0.385. The fraction of sp³-hybridized carbons (Fsp3) is 0.286. The number of pyridine rings is 1. The Balaban J connectivity index is 2.93. The number of aromatic nitrogens is 1. The summed E-state index contributed by atoms with van der Waals surface area (Å²) in [5, 5.41) is 19.2. The molecule has 5 nitrogen and oxygen atoms in total. The standard InChI is InChI=1S/C7H8N2O3/c1-5(10)7-3-2-6(4-8-7)9(11)12/h2-5,10H,1H3. The zero-order valence-electron chi connectivity index (χ0n) is 6.47. The summed E-state index contributed by atoms with van der Waals surface area (Å²) in [6, 6.07) is 2.75. The smallest absolute Gasteiger partial charge is 0.287 e. The molecule has 1 N–H and O–H groups in total. The largest absolute Gasteiger partial charge is 0.387 e. The third kappa shape index (κ3) is 1.76. The second kappa shape index (κ2) is 3.27. The van der Waals surface area contributed by atoms with Crippen LogP contribution in [-0.2, 0) is 0 Å². The van der Waals surface area contributed by atoms with Gasteiger partial charge < -0.3 is 5.11 Å². The van der Waals surface area contributed by atoms with E-state index in [0.29, 0.717) is 5.69 Å². The summed E-state index contributed by atoms with van der Waals surface area (Å²) >= 11 is 0. The first kappa shape index (κ1) is 8.61. The SMILES string of the molecule is CC(O)c1ccc([N+](=O)[O-])cn1. The molecular weight excluding hydrogens is 160 g/mol. The number of nitro groups is 1. The van der Waals surface area contributed by atoms with Gasteiger partial charge in [-0.3, -0.25) is 15.1 Å². The molecule has 0 aliphatic heterocycles. The predicted octanol–water partition coefficient (Wildman–Crippen LogP) is 1.04. The summed E-state index contributed by atoms with van der Waals surface area (Å²) < 4.78 is 0. The van der Waals surface area contributed by atoms with E-state index < -0.39 is 11.0 Å². The first-order valence-electron chi connectivity index (χ1n) is 3.39. The van der Waals surface area contributed by atoms with Crippen LogP contribution >= 0.6 is 0 Å². The molecule has 1 aromatic heterocycles. The minimum atomic E-state index is -0.689. The molecule has 0 fully saturated rings. The van der Waals surface area contributed by atoms with Crippen molar-refractivity contribution in [3.8, 4) is 0 Å². The Hall–Kier alpha value is -1.49. The van der Waals surface area contributed by atoms with Crippen LogP contribution in [0.4, 0.5) is 5.69 Å². The molecule has 0 amide bonds. The van der Waals surface area contributed by atoms with Gasteiger partial charge in [0.2, 0.25) is 0 Å². The van der Waals surface area contributed by atoms with Crippen molar-refractivity contribution in [1.29, 1.82) is 0 Å². The van der Waals surface area contributed by atoms with Gasteiger partial charge in [0.05, 0.1) is 16.7 Å². The summed E-state index contributed by atoms with van der Waals surface area (Å²) in [4.78, 5) is 13.4. The lowest BCUT2D eigenvalue weighted by Crippen LogP contribution is -1.96. The monoisotopic (exact) mass is 168 g/mol. The maximum atomic E-state index is 10.2. The molecule has 1 atom stereocenters. The summed E-state index contributed by atoms with van der Waals surface area (Å²) in [6.45, 7) is 1.55. The quantitative estimate of drug-likeness (QED) is 0.528. The first-order chi connectivity index (χ1) is 5.61. The van der Waals surface area contributed by atoms with E-state index >= 15 is 0 Å². The topological polar surface area (TPSA) is 76.3 Å². The minimum Gasteiger partial charge on any atom is -0.387 e. The van der Waals surface area contributed by atoms with E-state index in [2.05, 4.69) is 4.98 Å². The van der Waals surface area contributed by atoms with Crippen LogP contribution in [0, 0.1) is 10.1 Å². The molecule has 1 unspecified atom stereocenters. The van der Waals surface area contributed by atoms with E-state index in [1.807, 2.05) is 0 Å². The van der Waals surface area contributed by atoms with Crippen LogP contribution in [-0.4, -0.2) is 15.0 Å². The molecule has 0 aromatic carbocycles. The summed E-state index contributed by atoms with van der Waals surface area (Å²) in [5.74, 6) is 0. The van der Waals surface area contributed by atoms with Crippen molar-refractivity contribution < 1.29 is 10.0 Å². The molecular formula is C7H8N2O3. The molecule has 0 saturated heterocycles. The summed E-state index contributed by atoms with van der Waals surface area (Å²) in [6.07, 6.45) is 0.438. The zero-order valence-corrected chi connectivity index (χ0v) is 6.47. The number of aliphatic hydroxyl groups excluding tert-OH is 1. The van der Waals surface area contributed by atoms with Gasteiger partial charge in [-0.2, -0.15) is 0 Å². The van der Waals surface area contributed by atoms with Crippen molar-refractivity contribution >= 4 is 5.69 Å². The fourth-order valence-corrected chi connectivity index (χ4v) is 0.753. The Morgan fingerprint density at radius 3 is 2.67 bits per heavy atom. The van der Waals surface area contributed by atoms with Crippen LogP contribution in [0.2, 0.25) is 0 Å². The molecule has 0 aliphatic carbocycles. The maximum absolute atomic E-state index is 10.2. The van der Waals surface area contributed by atoms with Crippen molar-refractivity contribution in [2.24, 2.45) is 0 Å². The molecule has 0 aliphatic rings. The van der Waals surface area contributed by atoms with Gasteiger partial charge in [-0.15, -0.1) is 0 Å². The molecule has 12 heavy (non-hydrogen) atoms. The number of hydrogen-bond donors (Lipinski definition) is 1. The molecule has 1 aromatic rings. The Labute approximate surface area is 68.8 Å². The Kier molecular flexibility index (Phi) is 2.35. The number of rotatable bonds is 2. The number of aliphatic hydroxyl groups is 1. The van der Waals surface area contributed by atoms with Crippen molar-refractivity contribution in [1.82, 2.24) is 4.98 Å². The van der Waals surface area contributed by atoms with Gasteiger partial charge >= 0.3 is 0 Å². The van der Waals surface area contributed by atoms with Crippen molar-refractivity contribution in [2.75, 3.05) is 0 Å². The van der Waals surface area contributed by atoms with Crippen molar-refractivity contribution in [3.63, 3.8) is 0 Å². The minimum absolute atomic E-state index is 0.0700. The van der Waals surface area contributed by atoms with Gasteiger partial charge in [0, 0.05) is 6.07 Å². The van der Waals surface area contributed by atoms with E-state index in [9.17, 15) is 10.1 Å². The van der Waals surface area contributed by atoms with E-state index in [0.717, 1.165) is 6.20 Å². The average molecular weight is 168 g/mol. The number of nitrogens with zero attached hydrogens (tertiary/aromatic N) is 2. The molecule has 0 saturated carbocycles. The van der Waals surface area contributed by atoms with Gasteiger partial charge in [0.15, 0.2) is 0 Å². The fourth-order valence-electron chi connectivity index (χ4n) is 0.753. The molecule has 0 radical (unpaired) electrons. The first-order valence-corrected chi connectivity index (χ1v) is 3.39. The highest BCUT2D eigenvalue weighted by Gasteiger charge is 2.07. The van der Waals surface area contributed by atoms with Crippen LogP contribution < -0.4 is 0 Å². The van der Waals surface area contributed by atoms with Crippen LogP contribution in [0.15, 0.2) is 18.3 Å². The summed E-state index contributed by atoms with van der Waals surface area (Å²) in [5.41, 5.74) is 0.361. The van der Waals surface area contributed by atoms with E-state index in [4.69, 9.17) is 5.11 Å². The van der Waals surface area contributed by atoms with Crippen molar-refractivity contribution in [2.45, 2.75) is 13.0 Å². The second-order valence-corrected chi connectivity index (χ2v) is 2.37. The Morgan fingerprint density at radius 1 is 1.67 bits per heavy atom. The van der Waals surface area contributed by atoms with Crippen molar-refractivity contribution in [3.05, 3.63) is 34.1 Å².